The monoisotopic (exact) mass is 281 g/mol. The number of fused-ring (bicyclic) bond motifs is 2. The number of nitrogens with one attached hydrogen (secondary N) is 1. The van der Waals surface area contributed by atoms with Crippen molar-refractivity contribution in [1.29, 1.82) is 0 Å². The molecule has 2 aliphatic carbocycles. The van der Waals surface area contributed by atoms with Gasteiger partial charge in [0.2, 0.25) is 10.0 Å². The molecule has 0 saturated heterocycles. The quantitative estimate of drug-likeness (QED) is 0.876. The topological polar surface area (TPSA) is 66.4 Å². The average Bonchev–Trinajstić information content (AvgIpc) is 3.00. The van der Waals surface area contributed by atoms with Gasteiger partial charge in [0.25, 0.3) is 0 Å². The van der Waals surface area contributed by atoms with E-state index >= 15 is 0 Å². The molecule has 0 heterocycles. The molecule has 2 bridgehead atoms. The second kappa shape index (κ2) is 4.89. The van der Waals surface area contributed by atoms with Gasteiger partial charge in [-0.05, 0) is 43.2 Å². The van der Waals surface area contributed by atoms with Crippen LogP contribution in [0.2, 0.25) is 0 Å². The Morgan fingerprint density at radius 2 is 1.84 bits per heavy atom. The first-order chi connectivity index (χ1) is 9.12. The van der Waals surface area contributed by atoms with Gasteiger partial charge >= 0.3 is 0 Å². The van der Waals surface area contributed by atoms with Gasteiger partial charge in [-0.25, -0.2) is 13.1 Å². The van der Waals surface area contributed by atoms with Crippen molar-refractivity contribution in [3.63, 3.8) is 0 Å². The minimum Gasteiger partial charge on any atom is -0.396 e. The van der Waals surface area contributed by atoms with Gasteiger partial charge in [-0.3, -0.25) is 0 Å². The van der Waals surface area contributed by atoms with Crippen molar-refractivity contribution in [2.24, 2.45) is 17.8 Å². The van der Waals surface area contributed by atoms with Crippen LogP contribution >= 0.6 is 0 Å². The SMILES string of the molecule is O=S(=O)(NC1C2CCC(C2)C1CO)c1ccccc1. The van der Waals surface area contributed by atoms with E-state index in [2.05, 4.69) is 4.72 Å². The van der Waals surface area contributed by atoms with Crippen molar-refractivity contribution < 1.29 is 13.5 Å². The van der Waals surface area contributed by atoms with E-state index in [1.54, 1.807) is 30.3 Å². The maximum absolute atomic E-state index is 12.3. The number of sulfonamides is 1. The first-order valence-corrected chi connectivity index (χ1v) is 8.28. The van der Waals surface area contributed by atoms with Crippen LogP contribution in [0.15, 0.2) is 35.2 Å². The van der Waals surface area contributed by atoms with E-state index in [4.69, 9.17) is 0 Å². The highest BCUT2D eigenvalue weighted by Crippen LogP contribution is 2.48. The fraction of sp³-hybridized carbons (Fsp3) is 0.571. The van der Waals surface area contributed by atoms with Crippen LogP contribution in [0.3, 0.4) is 0 Å². The standard InChI is InChI=1S/C14H19NO3S/c16-9-13-10-6-7-11(8-10)14(13)15-19(17,18)12-4-2-1-3-5-12/h1-5,10-11,13-16H,6-9H2. The van der Waals surface area contributed by atoms with Crippen LogP contribution in [0.5, 0.6) is 0 Å². The number of aliphatic hydroxyl groups excluding tert-OH is 1. The second-order valence-electron chi connectivity index (χ2n) is 5.64. The van der Waals surface area contributed by atoms with E-state index in [0.717, 1.165) is 19.3 Å². The van der Waals surface area contributed by atoms with E-state index in [9.17, 15) is 13.5 Å². The molecular weight excluding hydrogens is 262 g/mol. The molecule has 0 aromatic heterocycles. The second-order valence-corrected chi connectivity index (χ2v) is 7.35. The molecule has 2 aliphatic rings. The molecule has 4 nitrogen and oxygen atoms in total. The van der Waals surface area contributed by atoms with Crippen LogP contribution in [-0.2, 0) is 10.0 Å². The summed E-state index contributed by atoms with van der Waals surface area (Å²) in [6.07, 6.45) is 3.25. The zero-order valence-corrected chi connectivity index (χ0v) is 11.5. The van der Waals surface area contributed by atoms with Gasteiger partial charge in [-0.15, -0.1) is 0 Å². The molecule has 0 radical (unpaired) electrons. The van der Waals surface area contributed by atoms with Crippen LogP contribution < -0.4 is 4.72 Å². The van der Waals surface area contributed by atoms with Crippen molar-refractivity contribution in [2.45, 2.75) is 30.2 Å². The Morgan fingerprint density at radius 1 is 1.16 bits per heavy atom. The van der Waals surface area contributed by atoms with Crippen LogP contribution in [-0.4, -0.2) is 26.2 Å². The van der Waals surface area contributed by atoms with Crippen molar-refractivity contribution in [3.8, 4) is 0 Å². The predicted octanol–water partition coefficient (Wildman–Crippen LogP) is 1.37. The molecule has 0 aliphatic heterocycles. The molecule has 2 fully saturated rings. The smallest absolute Gasteiger partial charge is 0.240 e. The summed E-state index contributed by atoms with van der Waals surface area (Å²) in [4.78, 5) is 0.300. The lowest BCUT2D eigenvalue weighted by molar-refractivity contribution is 0.153. The van der Waals surface area contributed by atoms with E-state index in [0.29, 0.717) is 16.7 Å². The lowest BCUT2D eigenvalue weighted by Crippen LogP contribution is -2.45. The summed E-state index contributed by atoms with van der Waals surface area (Å²) in [7, 11) is -3.47. The number of aliphatic hydroxyl groups is 1. The normalized spacial score (nSPS) is 33.7. The first-order valence-electron chi connectivity index (χ1n) is 6.80. The van der Waals surface area contributed by atoms with Crippen LogP contribution in [0, 0.1) is 17.8 Å². The number of hydrogen-bond acceptors (Lipinski definition) is 3. The molecule has 5 heteroatoms. The van der Waals surface area contributed by atoms with Crippen LogP contribution in [0.25, 0.3) is 0 Å². The Labute approximate surface area is 113 Å². The van der Waals surface area contributed by atoms with Crippen molar-refractivity contribution in [2.75, 3.05) is 6.61 Å². The highest BCUT2D eigenvalue weighted by atomic mass is 32.2. The van der Waals surface area contributed by atoms with E-state index < -0.39 is 10.0 Å². The molecule has 0 spiro atoms. The predicted molar refractivity (Wildman–Crippen MR) is 72.0 cm³/mol. The van der Waals surface area contributed by atoms with Gasteiger partial charge < -0.3 is 5.11 Å². The summed E-state index contributed by atoms with van der Waals surface area (Å²) in [6.45, 7) is 0.0726. The number of hydrogen-bond donors (Lipinski definition) is 2. The third kappa shape index (κ3) is 2.30. The summed E-state index contributed by atoms with van der Waals surface area (Å²) in [6, 6.07) is 8.34. The van der Waals surface area contributed by atoms with Crippen molar-refractivity contribution >= 4 is 10.0 Å². The van der Waals surface area contributed by atoms with E-state index in [1.807, 2.05) is 0 Å². The summed E-state index contributed by atoms with van der Waals surface area (Å²) in [5, 5.41) is 9.49. The van der Waals surface area contributed by atoms with Crippen LogP contribution in [0.4, 0.5) is 0 Å². The Bertz CT molecular complexity index is 543. The minimum atomic E-state index is -3.47. The van der Waals surface area contributed by atoms with Gasteiger partial charge in [0, 0.05) is 18.6 Å². The van der Waals surface area contributed by atoms with E-state index in [1.165, 1.54) is 0 Å². The Hall–Kier alpha value is -0.910. The third-order valence-corrected chi connectivity index (χ3v) is 6.12. The van der Waals surface area contributed by atoms with Crippen LogP contribution in [0.1, 0.15) is 19.3 Å². The molecule has 3 rings (SSSR count). The van der Waals surface area contributed by atoms with Gasteiger partial charge in [0.05, 0.1) is 4.90 Å². The Morgan fingerprint density at radius 3 is 2.53 bits per heavy atom. The number of rotatable bonds is 4. The first kappa shape index (κ1) is 13.1. The maximum atomic E-state index is 12.3. The molecule has 0 amide bonds. The molecule has 1 aromatic rings. The zero-order chi connectivity index (χ0) is 13.5. The Kier molecular flexibility index (Phi) is 3.37. The average molecular weight is 281 g/mol. The Balaban J connectivity index is 1.81. The molecule has 4 unspecified atom stereocenters. The highest BCUT2D eigenvalue weighted by molar-refractivity contribution is 7.89. The lowest BCUT2D eigenvalue weighted by atomic mass is 9.86. The summed E-state index contributed by atoms with van der Waals surface area (Å²) >= 11 is 0. The molecule has 1 aromatic carbocycles. The third-order valence-electron chi connectivity index (χ3n) is 4.64. The summed E-state index contributed by atoms with van der Waals surface area (Å²) < 4.78 is 27.5. The molecule has 4 atom stereocenters. The molecule has 2 saturated carbocycles. The fourth-order valence-electron chi connectivity index (χ4n) is 3.70. The summed E-state index contributed by atoms with van der Waals surface area (Å²) in [5.41, 5.74) is 0. The van der Waals surface area contributed by atoms with Gasteiger partial charge in [-0.2, -0.15) is 0 Å². The molecule has 2 N–H and O–H groups in total. The molecular formula is C14H19NO3S. The van der Waals surface area contributed by atoms with Crippen molar-refractivity contribution in [1.82, 2.24) is 4.72 Å². The summed E-state index contributed by atoms with van der Waals surface area (Å²) in [5.74, 6) is 0.955. The molecule has 104 valence electrons. The molecule has 19 heavy (non-hydrogen) atoms. The minimum absolute atomic E-state index is 0.0726. The zero-order valence-electron chi connectivity index (χ0n) is 10.7. The fourth-order valence-corrected chi connectivity index (χ4v) is 5.08. The maximum Gasteiger partial charge on any atom is 0.240 e. The number of benzene rings is 1. The van der Waals surface area contributed by atoms with Gasteiger partial charge in [0.15, 0.2) is 0 Å². The lowest BCUT2D eigenvalue weighted by Gasteiger charge is -2.30. The largest absolute Gasteiger partial charge is 0.396 e. The van der Waals surface area contributed by atoms with Crippen molar-refractivity contribution in [3.05, 3.63) is 30.3 Å². The van der Waals surface area contributed by atoms with Gasteiger partial charge in [0.1, 0.15) is 0 Å². The van der Waals surface area contributed by atoms with Gasteiger partial charge in [-0.1, -0.05) is 18.2 Å². The van der Waals surface area contributed by atoms with E-state index in [-0.39, 0.29) is 18.6 Å². The highest BCUT2D eigenvalue weighted by Gasteiger charge is 2.48.